The standard InChI is InChI=1S/C27H24FN3OS.H2S/c1-19-17-23(13-14-24(19)29-3)31-25(32)27(2,16-15-20-9-11-22(28)12-10-20)30-26(31)33-18-21-7-5-4-6-8-21;/h4-14,17H,15-16,18H2,1-2H3;1H2/t27-;/m1./s1. The fourth-order valence-corrected chi connectivity index (χ4v) is 4.86. The molecule has 174 valence electrons. The zero-order chi connectivity index (χ0) is 23.4. The average molecular weight is 492 g/mol. The number of benzene rings is 3. The molecule has 0 fully saturated rings. The highest BCUT2D eigenvalue weighted by Gasteiger charge is 2.45. The number of amides is 1. The molecule has 0 aromatic heterocycles. The van der Waals surface area contributed by atoms with Gasteiger partial charge in [-0.2, -0.15) is 13.5 Å². The van der Waals surface area contributed by atoms with Crippen molar-refractivity contribution >= 4 is 47.7 Å². The summed E-state index contributed by atoms with van der Waals surface area (Å²) in [6.07, 6.45) is 1.13. The second-order valence-electron chi connectivity index (χ2n) is 8.29. The topological polar surface area (TPSA) is 37.0 Å². The van der Waals surface area contributed by atoms with E-state index in [2.05, 4.69) is 17.0 Å². The van der Waals surface area contributed by atoms with E-state index < -0.39 is 5.54 Å². The van der Waals surface area contributed by atoms with Gasteiger partial charge in [-0.05, 0) is 67.6 Å². The van der Waals surface area contributed by atoms with Gasteiger partial charge in [0.05, 0.1) is 6.57 Å². The summed E-state index contributed by atoms with van der Waals surface area (Å²) in [5.74, 6) is 0.329. The number of anilines is 1. The molecular formula is C27H26FN3OS2. The SMILES string of the molecule is S.[C-]#[N+]c1ccc(N2C(=O)[C@@](C)(CCc3ccc(F)cc3)N=C2SCc2ccccc2)cc1C. The summed E-state index contributed by atoms with van der Waals surface area (Å²) in [5, 5.41) is 0.653. The Kier molecular flexibility index (Phi) is 8.19. The van der Waals surface area contributed by atoms with Crippen LogP contribution in [0, 0.1) is 19.3 Å². The van der Waals surface area contributed by atoms with Gasteiger partial charge in [0.1, 0.15) is 11.4 Å². The predicted molar refractivity (Wildman–Crippen MR) is 144 cm³/mol. The third kappa shape index (κ3) is 5.52. The van der Waals surface area contributed by atoms with Gasteiger partial charge in [0, 0.05) is 11.4 Å². The molecule has 1 aliphatic heterocycles. The van der Waals surface area contributed by atoms with Crippen LogP contribution in [0.15, 0.2) is 77.8 Å². The molecule has 0 spiro atoms. The van der Waals surface area contributed by atoms with Crippen molar-refractivity contribution < 1.29 is 9.18 Å². The average Bonchev–Trinajstić information content (AvgIpc) is 3.08. The zero-order valence-corrected chi connectivity index (χ0v) is 20.9. The van der Waals surface area contributed by atoms with Gasteiger partial charge in [-0.25, -0.2) is 14.2 Å². The van der Waals surface area contributed by atoms with Crippen LogP contribution in [-0.2, 0) is 17.0 Å². The first-order valence-electron chi connectivity index (χ1n) is 10.7. The molecule has 4 rings (SSSR count). The maximum Gasteiger partial charge on any atom is 0.260 e. The van der Waals surface area contributed by atoms with Crippen molar-refractivity contribution in [1.82, 2.24) is 0 Å². The lowest BCUT2D eigenvalue weighted by molar-refractivity contribution is -0.121. The molecule has 1 heterocycles. The van der Waals surface area contributed by atoms with Gasteiger partial charge in [0.15, 0.2) is 10.9 Å². The van der Waals surface area contributed by atoms with E-state index in [0.717, 1.165) is 22.4 Å². The number of nitrogens with zero attached hydrogens (tertiary/aromatic N) is 3. The van der Waals surface area contributed by atoms with Crippen molar-refractivity contribution in [2.75, 3.05) is 4.90 Å². The Balaban J connectivity index is 0.00000324. The summed E-state index contributed by atoms with van der Waals surface area (Å²) < 4.78 is 13.3. The molecule has 1 atom stereocenters. The minimum atomic E-state index is -0.917. The highest BCUT2D eigenvalue weighted by Crippen LogP contribution is 2.37. The molecule has 0 aliphatic carbocycles. The number of carbonyl (C=O) groups is 1. The van der Waals surface area contributed by atoms with Crippen molar-refractivity contribution in [2.45, 2.75) is 38.0 Å². The number of halogens is 1. The van der Waals surface area contributed by atoms with Crippen LogP contribution >= 0.6 is 25.3 Å². The molecule has 1 amide bonds. The Labute approximate surface area is 211 Å². The first-order chi connectivity index (χ1) is 15.9. The lowest BCUT2D eigenvalue weighted by Gasteiger charge is -2.23. The quantitative estimate of drug-likeness (QED) is 0.355. The molecule has 0 N–H and O–H groups in total. The third-order valence-corrected chi connectivity index (χ3v) is 6.79. The molecule has 0 bridgehead atoms. The number of rotatable bonds is 6. The van der Waals surface area contributed by atoms with Crippen LogP contribution in [0.5, 0.6) is 0 Å². The Hall–Kier alpha value is -3.08. The van der Waals surface area contributed by atoms with E-state index in [1.165, 1.54) is 23.9 Å². The predicted octanol–water partition coefficient (Wildman–Crippen LogP) is 6.83. The van der Waals surface area contributed by atoms with Crippen LogP contribution < -0.4 is 4.90 Å². The van der Waals surface area contributed by atoms with E-state index in [1.807, 2.05) is 44.2 Å². The molecule has 34 heavy (non-hydrogen) atoms. The Morgan fingerprint density at radius 2 is 1.76 bits per heavy atom. The molecule has 7 heteroatoms. The van der Waals surface area contributed by atoms with Gasteiger partial charge < -0.3 is 0 Å². The minimum Gasteiger partial charge on any atom is -0.271 e. The number of thioether (sulfide) groups is 1. The monoisotopic (exact) mass is 491 g/mol. The molecule has 1 aliphatic rings. The first kappa shape index (κ1) is 25.5. The number of aryl methyl sites for hydroxylation is 2. The van der Waals surface area contributed by atoms with E-state index in [0.29, 0.717) is 29.4 Å². The number of hydrogen-bond acceptors (Lipinski definition) is 3. The van der Waals surface area contributed by atoms with E-state index in [4.69, 9.17) is 11.6 Å². The van der Waals surface area contributed by atoms with E-state index in [-0.39, 0.29) is 25.2 Å². The first-order valence-corrected chi connectivity index (χ1v) is 11.7. The molecule has 0 saturated carbocycles. The molecular weight excluding hydrogens is 465 g/mol. The lowest BCUT2D eigenvalue weighted by Crippen LogP contribution is -2.40. The highest BCUT2D eigenvalue weighted by atomic mass is 32.2. The fourth-order valence-electron chi connectivity index (χ4n) is 3.79. The summed E-state index contributed by atoms with van der Waals surface area (Å²) in [6.45, 7) is 11.0. The summed E-state index contributed by atoms with van der Waals surface area (Å²) >= 11 is 1.53. The summed E-state index contributed by atoms with van der Waals surface area (Å²) in [6, 6.07) is 21.9. The normalized spacial score (nSPS) is 17.2. The van der Waals surface area contributed by atoms with Crippen molar-refractivity contribution in [3.63, 3.8) is 0 Å². The number of aliphatic imine (C=N–C) groups is 1. The van der Waals surface area contributed by atoms with Gasteiger partial charge in [0.25, 0.3) is 5.91 Å². The molecule has 0 saturated heterocycles. The van der Waals surface area contributed by atoms with Crippen LogP contribution in [0.1, 0.15) is 30.0 Å². The number of hydrogen-bond donors (Lipinski definition) is 0. The number of amidine groups is 1. The highest BCUT2D eigenvalue weighted by molar-refractivity contribution is 8.13. The Morgan fingerprint density at radius 3 is 2.41 bits per heavy atom. The minimum absolute atomic E-state index is 0. The van der Waals surface area contributed by atoms with Crippen LogP contribution in [0.25, 0.3) is 4.85 Å². The largest absolute Gasteiger partial charge is 0.271 e. The van der Waals surface area contributed by atoms with Gasteiger partial charge in [-0.1, -0.05) is 60.3 Å². The van der Waals surface area contributed by atoms with Gasteiger partial charge >= 0.3 is 0 Å². The second-order valence-corrected chi connectivity index (χ2v) is 9.23. The third-order valence-electron chi connectivity index (χ3n) is 5.78. The smallest absolute Gasteiger partial charge is 0.260 e. The van der Waals surface area contributed by atoms with Crippen molar-refractivity contribution in [3.8, 4) is 0 Å². The molecule has 4 nitrogen and oxygen atoms in total. The summed E-state index contributed by atoms with van der Waals surface area (Å²) in [7, 11) is 0. The van der Waals surface area contributed by atoms with E-state index in [9.17, 15) is 9.18 Å². The van der Waals surface area contributed by atoms with E-state index >= 15 is 0 Å². The van der Waals surface area contributed by atoms with Gasteiger partial charge in [-0.15, -0.1) is 0 Å². The van der Waals surface area contributed by atoms with Crippen molar-refractivity contribution in [1.29, 1.82) is 0 Å². The van der Waals surface area contributed by atoms with E-state index in [1.54, 1.807) is 23.1 Å². The summed E-state index contributed by atoms with van der Waals surface area (Å²) in [5.41, 5.74) is 3.31. The van der Waals surface area contributed by atoms with Gasteiger partial charge in [0.2, 0.25) is 0 Å². The zero-order valence-electron chi connectivity index (χ0n) is 19.1. The maximum absolute atomic E-state index is 13.7. The summed E-state index contributed by atoms with van der Waals surface area (Å²) in [4.78, 5) is 23.8. The Morgan fingerprint density at radius 1 is 1.06 bits per heavy atom. The van der Waals surface area contributed by atoms with Crippen LogP contribution in [0.4, 0.5) is 15.8 Å². The number of carbonyl (C=O) groups excluding carboxylic acids is 1. The van der Waals surface area contributed by atoms with Crippen LogP contribution in [-0.4, -0.2) is 16.6 Å². The molecule has 0 unspecified atom stereocenters. The molecule has 3 aromatic rings. The second kappa shape index (κ2) is 10.9. The molecule has 0 radical (unpaired) electrons. The van der Waals surface area contributed by atoms with Crippen molar-refractivity contribution in [3.05, 3.63) is 107 Å². The van der Waals surface area contributed by atoms with Crippen LogP contribution in [0.3, 0.4) is 0 Å². The van der Waals surface area contributed by atoms with Gasteiger partial charge in [-0.3, -0.25) is 9.69 Å². The Bertz CT molecular complexity index is 1240. The fraction of sp³-hybridized carbons (Fsp3) is 0.222. The lowest BCUT2D eigenvalue weighted by atomic mass is 9.93. The van der Waals surface area contributed by atoms with Crippen molar-refractivity contribution in [2.24, 2.45) is 4.99 Å². The molecule has 3 aromatic carbocycles. The van der Waals surface area contributed by atoms with Crippen LogP contribution in [0.2, 0.25) is 0 Å². The maximum atomic E-state index is 13.7.